The molecule has 0 saturated carbocycles. The number of hydrogen-bond acceptors (Lipinski definition) is 3. The SMILES string of the molecule is [O]CCCc1ccc(-c2ccccc2-c2noc(=O)[nH]2)cc1. The van der Waals surface area contributed by atoms with Gasteiger partial charge in [-0.15, -0.1) is 0 Å². The van der Waals surface area contributed by atoms with Crippen LogP contribution >= 0.6 is 0 Å². The molecule has 3 aromatic rings. The summed E-state index contributed by atoms with van der Waals surface area (Å²) < 4.78 is 4.58. The monoisotopic (exact) mass is 295 g/mol. The molecular formula is C17H15N2O3. The van der Waals surface area contributed by atoms with Gasteiger partial charge in [0, 0.05) is 5.56 Å². The maximum atomic E-state index is 11.1. The van der Waals surface area contributed by atoms with E-state index >= 15 is 0 Å². The molecule has 0 fully saturated rings. The molecule has 3 rings (SSSR count). The number of nitrogens with one attached hydrogen (secondary N) is 1. The maximum Gasteiger partial charge on any atom is 0.439 e. The van der Waals surface area contributed by atoms with E-state index in [0.717, 1.165) is 28.7 Å². The summed E-state index contributed by atoms with van der Waals surface area (Å²) in [6.07, 6.45) is 1.44. The van der Waals surface area contributed by atoms with Crippen molar-refractivity contribution in [3.63, 3.8) is 0 Å². The van der Waals surface area contributed by atoms with E-state index in [1.165, 1.54) is 0 Å². The minimum atomic E-state index is -0.572. The highest BCUT2D eigenvalue weighted by Crippen LogP contribution is 2.29. The summed E-state index contributed by atoms with van der Waals surface area (Å²) in [6, 6.07) is 15.7. The van der Waals surface area contributed by atoms with Crippen molar-refractivity contribution in [2.24, 2.45) is 0 Å². The fourth-order valence-electron chi connectivity index (χ4n) is 2.41. The van der Waals surface area contributed by atoms with Crippen molar-refractivity contribution in [3.05, 3.63) is 64.6 Å². The summed E-state index contributed by atoms with van der Waals surface area (Å²) in [4.78, 5) is 13.7. The van der Waals surface area contributed by atoms with Crippen molar-refractivity contribution in [1.82, 2.24) is 10.1 Å². The van der Waals surface area contributed by atoms with E-state index in [4.69, 9.17) is 0 Å². The van der Waals surface area contributed by atoms with Crippen molar-refractivity contribution in [2.75, 3.05) is 6.61 Å². The van der Waals surface area contributed by atoms with E-state index < -0.39 is 5.76 Å². The first kappa shape index (κ1) is 14.3. The number of nitrogens with zero attached hydrogens (tertiary/aromatic N) is 1. The van der Waals surface area contributed by atoms with Crippen molar-refractivity contribution < 1.29 is 9.63 Å². The maximum absolute atomic E-state index is 11.1. The molecule has 5 nitrogen and oxygen atoms in total. The molecule has 1 radical (unpaired) electrons. The Kier molecular flexibility index (Phi) is 4.16. The van der Waals surface area contributed by atoms with Gasteiger partial charge in [0.1, 0.15) is 0 Å². The summed E-state index contributed by atoms with van der Waals surface area (Å²) >= 11 is 0. The summed E-state index contributed by atoms with van der Waals surface area (Å²) in [5, 5.41) is 14.3. The molecule has 0 spiro atoms. The Bertz CT molecular complexity index is 803. The molecule has 1 aromatic heterocycles. The van der Waals surface area contributed by atoms with E-state index in [2.05, 4.69) is 14.7 Å². The average molecular weight is 295 g/mol. The number of aromatic nitrogens is 2. The number of benzene rings is 2. The van der Waals surface area contributed by atoms with Crippen molar-refractivity contribution in [3.8, 4) is 22.5 Å². The van der Waals surface area contributed by atoms with Gasteiger partial charge in [-0.25, -0.2) is 9.90 Å². The molecule has 0 aliphatic heterocycles. The first-order valence-electron chi connectivity index (χ1n) is 7.11. The van der Waals surface area contributed by atoms with Crippen molar-refractivity contribution in [1.29, 1.82) is 0 Å². The molecule has 0 saturated heterocycles. The number of hydrogen-bond donors (Lipinski definition) is 1. The first-order chi connectivity index (χ1) is 10.8. The van der Waals surface area contributed by atoms with E-state index in [9.17, 15) is 9.90 Å². The summed E-state index contributed by atoms with van der Waals surface area (Å²) in [5.41, 5.74) is 3.93. The standard InChI is InChI=1S/C17H15N2O3/c20-11-3-4-12-7-9-13(10-8-12)14-5-1-2-6-15(14)16-18-17(21)22-19-16/h1-2,5-10H,3-4,11H2,(H,18,19,21). The number of rotatable bonds is 5. The molecule has 0 amide bonds. The second kappa shape index (κ2) is 6.41. The highest BCUT2D eigenvalue weighted by molar-refractivity contribution is 5.80. The third-order valence-electron chi connectivity index (χ3n) is 3.50. The lowest BCUT2D eigenvalue weighted by Gasteiger charge is -2.08. The summed E-state index contributed by atoms with van der Waals surface area (Å²) in [5.74, 6) is -0.159. The number of H-pyrrole nitrogens is 1. The summed E-state index contributed by atoms with van der Waals surface area (Å²) in [6.45, 7) is -0.0515. The molecule has 5 heteroatoms. The molecule has 0 aliphatic rings. The van der Waals surface area contributed by atoms with Crippen LogP contribution in [0, 0.1) is 0 Å². The lowest BCUT2D eigenvalue weighted by molar-refractivity contribution is 0.189. The van der Waals surface area contributed by atoms with Crippen LogP contribution in [-0.4, -0.2) is 16.7 Å². The molecule has 0 bridgehead atoms. The highest BCUT2D eigenvalue weighted by Gasteiger charge is 2.10. The van der Waals surface area contributed by atoms with Gasteiger partial charge in [-0.1, -0.05) is 53.7 Å². The largest absolute Gasteiger partial charge is 0.439 e. The lowest BCUT2D eigenvalue weighted by Crippen LogP contribution is -1.95. The third kappa shape index (κ3) is 2.99. The molecule has 2 aromatic carbocycles. The zero-order valence-electron chi connectivity index (χ0n) is 11.9. The second-order valence-electron chi connectivity index (χ2n) is 4.99. The van der Waals surface area contributed by atoms with E-state index in [1.54, 1.807) is 0 Å². The third-order valence-corrected chi connectivity index (χ3v) is 3.50. The van der Waals surface area contributed by atoms with Crippen LogP contribution in [-0.2, 0) is 11.5 Å². The summed E-state index contributed by atoms with van der Waals surface area (Å²) in [7, 11) is 0. The van der Waals surface area contributed by atoms with E-state index in [1.807, 2.05) is 48.5 Å². The van der Waals surface area contributed by atoms with Gasteiger partial charge in [0.25, 0.3) is 0 Å². The topological polar surface area (TPSA) is 78.8 Å². The second-order valence-corrected chi connectivity index (χ2v) is 4.99. The fourth-order valence-corrected chi connectivity index (χ4v) is 2.41. The van der Waals surface area contributed by atoms with Gasteiger partial charge in [0.05, 0.1) is 6.61 Å². The quantitative estimate of drug-likeness (QED) is 0.785. The number of aryl methyl sites for hydroxylation is 1. The molecule has 111 valence electrons. The Morgan fingerprint density at radius 2 is 1.73 bits per heavy atom. The van der Waals surface area contributed by atoms with E-state index in [0.29, 0.717) is 12.2 Å². The van der Waals surface area contributed by atoms with Crippen LogP contribution in [0.15, 0.2) is 57.8 Å². The molecule has 1 heterocycles. The predicted molar refractivity (Wildman–Crippen MR) is 81.9 cm³/mol. The average Bonchev–Trinajstić information content (AvgIpc) is 3.00. The predicted octanol–water partition coefficient (Wildman–Crippen LogP) is 3.06. The van der Waals surface area contributed by atoms with Gasteiger partial charge in [-0.2, -0.15) is 0 Å². The van der Waals surface area contributed by atoms with E-state index in [-0.39, 0.29) is 6.61 Å². The minimum Gasteiger partial charge on any atom is -0.296 e. The molecule has 0 unspecified atom stereocenters. The first-order valence-corrected chi connectivity index (χ1v) is 7.11. The van der Waals surface area contributed by atoms with Crippen LogP contribution in [0.25, 0.3) is 22.5 Å². The molecule has 22 heavy (non-hydrogen) atoms. The van der Waals surface area contributed by atoms with Crippen LogP contribution in [0.5, 0.6) is 0 Å². The Hall–Kier alpha value is -2.66. The zero-order chi connectivity index (χ0) is 15.4. The Balaban J connectivity index is 1.96. The van der Waals surface area contributed by atoms with Crippen LogP contribution in [0.1, 0.15) is 12.0 Å². The molecule has 0 atom stereocenters. The number of aromatic amines is 1. The van der Waals surface area contributed by atoms with Crippen LogP contribution < -0.4 is 5.76 Å². The van der Waals surface area contributed by atoms with Gasteiger partial charge in [0.15, 0.2) is 5.82 Å². The van der Waals surface area contributed by atoms with Crippen LogP contribution in [0.4, 0.5) is 0 Å². The molecule has 1 N–H and O–H groups in total. The highest BCUT2D eigenvalue weighted by atomic mass is 16.5. The van der Waals surface area contributed by atoms with Crippen molar-refractivity contribution >= 4 is 0 Å². The lowest BCUT2D eigenvalue weighted by atomic mass is 9.97. The smallest absolute Gasteiger partial charge is 0.296 e. The minimum absolute atomic E-state index is 0.0515. The van der Waals surface area contributed by atoms with Crippen LogP contribution in [0.3, 0.4) is 0 Å². The fraction of sp³-hybridized carbons (Fsp3) is 0.176. The van der Waals surface area contributed by atoms with Gasteiger partial charge in [-0.3, -0.25) is 9.51 Å². The van der Waals surface area contributed by atoms with Crippen LogP contribution in [0.2, 0.25) is 0 Å². The molecular weight excluding hydrogens is 280 g/mol. The Morgan fingerprint density at radius 1 is 1.00 bits per heavy atom. The van der Waals surface area contributed by atoms with Gasteiger partial charge in [-0.05, 0) is 29.5 Å². The molecule has 0 aliphatic carbocycles. The van der Waals surface area contributed by atoms with Gasteiger partial charge in [0.2, 0.25) is 0 Å². The van der Waals surface area contributed by atoms with Crippen molar-refractivity contribution in [2.45, 2.75) is 12.8 Å². The zero-order valence-corrected chi connectivity index (χ0v) is 11.9. The van der Waals surface area contributed by atoms with Gasteiger partial charge < -0.3 is 0 Å². The van der Waals surface area contributed by atoms with Gasteiger partial charge >= 0.3 is 5.76 Å². The normalized spacial score (nSPS) is 10.8. The Labute approximate surface area is 127 Å². The Morgan fingerprint density at radius 3 is 2.36 bits per heavy atom.